The largest absolute Gasteiger partial charge is 0.497 e. The van der Waals surface area contributed by atoms with Gasteiger partial charge in [0, 0.05) is 6.04 Å². The molecule has 2 nitrogen and oxygen atoms in total. The van der Waals surface area contributed by atoms with Gasteiger partial charge < -0.3 is 10.1 Å². The van der Waals surface area contributed by atoms with Gasteiger partial charge in [0.05, 0.1) is 7.11 Å². The molecule has 1 aromatic carbocycles. The van der Waals surface area contributed by atoms with Crippen molar-refractivity contribution in [3.8, 4) is 5.75 Å². The van der Waals surface area contributed by atoms with Gasteiger partial charge in [-0.1, -0.05) is 25.5 Å². The summed E-state index contributed by atoms with van der Waals surface area (Å²) in [6, 6.07) is 9.23. The van der Waals surface area contributed by atoms with Crippen LogP contribution in [-0.4, -0.2) is 19.7 Å². The van der Waals surface area contributed by atoms with Gasteiger partial charge in [0.1, 0.15) is 5.75 Å². The van der Waals surface area contributed by atoms with Crippen molar-refractivity contribution in [3.63, 3.8) is 0 Å². The third kappa shape index (κ3) is 3.49. The summed E-state index contributed by atoms with van der Waals surface area (Å²) in [6.45, 7) is 3.39. The van der Waals surface area contributed by atoms with E-state index in [0.717, 1.165) is 24.3 Å². The molecule has 0 aliphatic heterocycles. The molecule has 0 saturated heterocycles. The maximum Gasteiger partial charge on any atom is 0.119 e. The van der Waals surface area contributed by atoms with E-state index in [9.17, 15) is 0 Å². The Balaban J connectivity index is 1.94. The van der Waals surface area contributed by atoms with E-state index < -0.39 is 0 Å². The molecule has 1 aliphatic rings. The predicted molar refractivity (Wildman–Crippen MR) is 76.1 cm³/mol. The number of ether oxygens (including phenoxy) is 1. The van der Waals surface area contributed by atoms with Crippen molar-refractivity contribution in [2.45, 2.75) is 45.1 Å². The molecular weight excluding hydrogens is 222 g/mol. The molecule has 1 aliphatic carbocycles. The second-order valence-corrected chi connectivity index (χ2v) is 5.31. The minimum absolute atomic E-state index is 0.719. The van der Waals surface area contributed by atoms with Crippen LogP contribution in [0.1, 0.15) is 38.2 Å². The minimum atomic E-state index is 0.719. The molecular formula is C16H25NO. The van der Waals surface area contributed by atoms with Gasteiger partial charge in [-0.3, -0.25) is 0 Å². The summed E-state index contributed by atoms with van der Waals surface area (Å²) in [6.07, 6.45) is 6.48. The Hall–Kier alpha value is -1.02. The van der Waals surface area contributed by atoms with E-state index in [4.69, 9.17) is 4.74 Å². The van der Waals surface area contributed by atoms with Gasteiger partial charge in [0.15, 0.2) is 0 Å². The molecule has 0 heterocycles. The van der Waals surface area contributed by atoms with Gasteiger partial charge in [-0.25, -0.2) is 0 Å². The summed E-state index contributed by atoms with van der Waals surface area (Å²) in [7, 11) is 1.74. The number of methoxy groups -OCH3 is 1. The van der Waals surface area contributed by atoms with Crippen molar-refractivity contribution < 1.29 is 4.74 Å². The quantitative estimate of drug-likeness (QED) is 0.832. The van der Waals surface area contributed by atoms with Crippen LogP contribution in [0.3, 0.4) is 0 Å². The zero-order valence-electron chi connectivity index (χ0n) is 11.6. The summed E-state index contributed by atoms with van der Waals surface area (Å²) in [5.41, 5.74) is 1.41. The number of rotatable bonds is 6. The van der Waals surface area contributed by atoms with Crippen LogP contribution in [0.4, 0.5) is 0 Å². The molecule has 0 amide bonds. The van der Waals surface area contributed by atoms with Crippen LogP contribution in [0.15, 0.2) is 24.3 Å². The van der Waals surface area contributed by atoms with Crippen LogP contribution in [0.25, 0.3) is 0 Å². The van der Waals surface area contributed by atoms with Crippen molar-refractivity contribution in [1.29, 1.82) is 0 Å². The highest BCUT2D eigenvalue weighted by atomic mass is 16.5. The van der Waals surface area contributed by atoms with E-state index in [1.165, 1.54) is 37.7 Å². The Kier molecular flexibility index (Phi) is 5.06. The lowest BCUT2D eigenvalue weighted by Crippen LogP contribution is -2.33. The lowest BCUT2D eigenvalue weighted by Gasteiger charge is -2.21. The molecule has 0 bridgehead atoms. The fourth-order valence-electron chi connectivity index (χ4n) is 2.98. The van der Waals surface area contributed by atoms with Crippen molar-refractivity contribution >= 4 is 0 Å². The fraction of sp³-hybridized carbons (Fsp3) is 0.625. The molecule has 2 atom stereocenters. The highest BCUT2D eigenvalue weighted by molar-refractivity contribution is 5.28. The molecule has 0 aromatic heterocycles. The molecule has 2 rings (SSSR count). The summed E-state index contributed by atoms with van der Waals surface area (Å²) in [5, 5.41) is 3.70. The van der Waals surface area contributed by atoms with Crippen molar-refractivity contribution in [1.82, 2.24) is 5.32 Å². The first-order chi connectivity index (χ1) is 8.83. The van der Waals surface area contributed by atoms with Crippen LogP contribution in [0, 0.1) is 5.92 Å². The number of benzene rings is 1. The van der Waals surface area contributed by atoms with Gasteiger partial charge in [0.25, 0.3) is 0 Å². The molecule has 1 saturated carbocycles. The first-order valence-electron chi connectivity index (χ1n) is 7.19. The lowest BCUT2D eigenvalue weighted by molar-refractivity contribution is 0.395. The predicted octanol–water partition coefficient (Wildman–Crippen LogP) is 3.41. The van der Waals surface area contributed by atoms with Gasteiger partial charge in [-0.15, -0.1) is 0 Å². The zero-order valence-corrected chi connectivity index (χ0v) is 11.6. The Bertz CT molecular complexity index is 364. The average Bonchev–Trinajstić information content (AvgIpc) is 2.84. The van der Waals surface area contributed by atoms with Crippen molar-refractivity contribution in [2.75, 3.05) is 13.7 Å². The Morgan fingerprint density at radius 3 is 3.00 bits per heavy atom. The minimum Gasteiger partial charge on any atom is -0.497 e. The van der Waals surface area contributed by atoms with Crippen molar-refractivity contribution in [3.05, 3.63) is 29.8 Å². The molecule has 2 unspecified atom stereocenters. The standard InChI is InChI=1S/C16H25NO/c1-3-10-17-16-9-5-7-14(16)11-13-6-4-8-15(12-13)18-2/h4,6,8,12,14,16-17H,3,5,7,9-11H2,1-2H3. The second-order valence-electron chi connectivity index (χ2n) is 5.31. The van der Waals surface area contributed by atoms with Crippen LogP contribution >= 0.6 is 0 Å². The summed E-state index contributed by atoms with van der Waals surface area (Å²) < 4.78 is 5.30. The fourth-order valence-corrected chi connectivity index (χ4v) is 2.98. The second kappa shape index (κ2) is 6.79. The van der Waals surface area contributed by atoms with Gasteiger partial charge in [-0.05, 0) is 55.8 Å². The Morgan fingerprint density at radius 1 is 1.33 bits per heavy atom. The highest BCUT2D eigenvalue weighted by Gasteiger charge is 2.26. The molecule has 100 valence electrons. The van der Waals surface area contributed by atoms with E-state index in [2.05, 4.69) is 30.4 Å². The molecule has 1 N–H and O–H groups in total. The Morgan fingerprint density at radius 2 is 2.22 bits per heavy atom. The van der Waals surface area contributed by atoms with Crippen LogP contribution in [0.2, 0.25) is 0 Å². The monoisotopic (exact) mass is 247 g/mol. The van der Waals surface area contributed by atoms with E-state index >= 15 is 0 Å². The van der Waals surface area contributed by atoms with Gasteiger partial charge in [0.2, 0.25) is 0 Å². The van der Waals surface area contributed by atoms with Gasteiger partial charge >= 0.3 is 0 Å². The molecule has 1 fully saturated rings. The molecule has 18 heavy (non-hydrogen) atoms. The van der Waals surface area contributed by atoms with E-state index in [-0.39, 0.29) is 0 Å². The molecule has 0 radical (unpaired) electrons. The Labute approximate surface area is 111 Å². The summed E-state index contributed by atoms with van der Waals surface area (Å²) in [4.78, 5) is 0. The maximum absolute atomic E-state index is 5.30. The zero-order chi connectivity index (χ0) is 12.8. The van der Waals surface area contributed by atoms with E-state index in [1.807, 2.05) is 6.07 Å². The molecule has 0 spiro atoms. The summed E-state index contributed by atoms with van der Waals surface area (Å²) >= 11 is 0. The highest BCUT2D eigenvalue weighted by Crippen LogP contribution is 2.29. The summed E-state index contributed by atoms with van der Waals surface area (Å²) in [5.74, 6) is 1.77. The van der Waals surface area contributed by atoms with Crippen molar-refractivity contribution in [2.24, 2.45) is 5.92 Å². The van der Waals surface area contributed by atoms with Crippen LogP contribution in [0.5, 0.6) is 5.75 Å². The maximum atomic E-state index is 5.30. The van der Waals surface area contributed by atoms with E-state index in [0.29, 0.717) is 0 Å². The normalized spacial score (nSPS) is 23.2. The van der Waals surface area contributed by atoms with Crippen LogP contribution in [-0.2, 0) is 6.42 Å². The van der Waals surface area contributed by atoms with Gasteiger partial charge in [-0.2, -0.15) is 0 Å². The number of hydrogen-bond donors (Lipinski definition) is 1. The smallest absolute Gasteiger partial charge is 0.119 e. The molecule has 1 aromatic rings. The number of hydrogen-bond acceptors (Lipinski definition) is 2. The third-order valence-electron chi connectivity index (χ3n) is 3.95. The lowest BCUT2D eigenvalue weighted by atomic mass is 9.94. The SMILES string of the molecule is CCCNC1CCCC1Cc1cccc(OC)c1. The van der Waals surface area contributed by atoms with Crippen LogP contribution < -0.4 is 10.1 Å². The molecule has 2 heteroatoms. The van der Waals surface area contributed by atoms with E-state index in [1.54, 1.807) is 7.11 Å². The number of nitrogens with one attached hydrogen (secondary N) is 1. The topological polar surface area (TPSA) is 21.3 Å². The first-order valence-corrected chi connectivity index (χ1v) is 7.19. The third-order valence-corrected chi connectivity index (χ3v) is 3.95. The average molecular weight is 247 g/mol. The first kappa shape index (κ1) is 13.4.